The van der Waals surface area contributed by atoms with E-state index in [2.05, 4.69) is 23.0 Å². The summed E-state index contributed by atoms with van der Waals surface area (Å²) in [6.45, 7) is 2.60. The first-order valence-corrected chi connectivity index (χ1v) is 8.21. The number of hydrogen-bond donors (Lipinski definition) is 0. The number of unbranched alkanes of at least 4 members (excludes halogenated alkanes) is 1. The molecule has 0 aliphatic carbocycles. The second-order valence-electron chi connectivity index (χ2n) is 6.00. The van der Waals surface area contributed by atoms with E-state index >= 15 is 0 Å². The largest absolute Gasteiger partial charge is 0.493 e. The van der Waals surface area contributed by atoms with Gasteiger partial charge in [-0.15, -0.1) is 0 Å². The summed E-state index contributed by atoms with van der Waals surface area (Å²) in [4.78, 5) is 10.9. The summed E-state index contributed by atoms with van der Waals surface area (Å²) in [5.74, 6) is 1.65. The number of benzene rings is 1. The van der Waals surface area contributed by atoms with E-state index in [9.17, 15) is 0 Å². The molecule has 2 heterocycles. The molecular weight excluding hydrogens is 314 g/mol. The molecule has 6 nitrogen and oxygen atoms in total. The summed E-state index contributed by atoms with van der Waals surface area (Å²) in [5, 5.41) is 8.60. The van der Waals surface area contributed by atoms with E-state index in [4.69, 9.17) is 10.00 Å². The van der Waals surface area contributed by atoms with Gasteiger partial charge >= 0.3 is 0 Å². The van der Waals surface area contributed by atoms with Crippen LogP contribution in [0.25, 0.3) is 11.0 Å². The van der Waals surface area contributed by atoms with Crippen LogP contribution in [-0.2, 0) is 7.05 Å². The highest BCUT2D eigenvalue weighted by Crippen LogP contribution is 2.30. The van der Waals surface area contributed by atoms with Crippen LogP contribution in [0.2, 0.25) is 0 Å². The van der Waals surface area contributed by atoms with Crippen molar-refractivity contribution in [2.45, 2.75) is 19.8 Å². The van der Waals surface area contributed by atoms with Crippen molar-refractivity contribution in [2.24, 2.45) is 7.05 Å². The van der Waals surface area contributed by atoms with Crippen molar-refractivity contribution in [3.8, 4) is 11.8 Å². The quantitative estimate of drug-likeness (QED) is 0.642. The lowest BCUT2D eigenvalue weighted by Crippen LogP contribution is -2.13. The van der Waals surface area contributed by atoms with Gasteiger partial charge in [-0.2, -0.15) is 5.26 Å². The fourth-order valence-electron chi connectivity index (χ4n) is 2.71. The van der Waals surface area contributed by atoms with Crippen LogP contribution in [0.5, 0.6) is 5.75 Å². The third-order valence-electron chi connectivity index (χ3n) is 4.18. The number of nitrogens with zero attached hydrogens (tertiary/aromatic N) is 5. The van der Waals surface area contributed by atoms with Gasteiger partial charge in [0.2, 0.25) is 0 Å². The number of imidazole rings is 1. The molecule has 3 rings (SSSR count). The average molecular weight is 335 g/mol. The van der Waals surface area contributed by atoms with Gasteiger partial charge in [0.25, 0.3) is 0 Å². The topological polar surface area (TPSA) is 67.0 Å². The Labute approximate surface area is 147 Å². The van der Waals surface area contributed by atoms with E-state index in [1.807, 2.05) is 47.8 Å². The molecule has 2 aromatic heterocycles. The summed E-state index contributed by atoms with van der Waals surface area (Å²) in [6.07, 6.45) is 4.82. The summed E-state index contributed by atoms with van der Waals surface area (Å²) < 4.78 is 7.74. The Morgan fingerprint density at radius 2 is 2.12 bits per heavy atom. The molecule has 3 aromatic rings. The van der Waals surface area contributed by atoms with Gasteiger partial charge in [-0.05, 0) is 25.0 Å². The maximum Gasteiger partial charge on any atom is 0.134 e. The van der Waals surface area contributed by atoms with Crippen LogP contribution in [0.4, 0.5) is 11.5 Å². The van der Waals surface area contributed by atoms with Crippen molar-refractivity contribution < 1.29 is 4.74 Å². The summed E-state index contributed by atoms with van der Waals surface area (Å²) >= 11 is 0. The van der Waals surface area contributed by atoms with Crippen LogP contribution in [-0.4, -0.2) is 28.2 Å². The van der Waals surface area contributed by atoms with Crippen LogP contribution in [0, 0.1) is 18.3 Å². The monoisotopic (exact) mass is 335 g/mol. The third-order valence-corrected chi connectivity index (χ3v) is 4.18. The molecule has 0 aliphatic rings. The molecule has 0 atom stereocenters. The molecule has 0 radical (unpaired) electrons. The maximum absolute atomic E-state index is 8.60. The van der Waals surface area contributed by atoms with Gasteiger partial charge in [0.15, 0.2) is 0 Å². The molecular formula is C19H21N5O. The predicted molar refractivity (Wildman–Crippen MR) is 98.1 cm³/mol. The zero-order valence-electron chi connectivity index (χ0n) is 14.7. The van der Waals surface area contributed by atoms with E-state index in [0.717, 1.165) is 40.3 Å². The van der Waals surface area contributed by atoms with E-state index in [-0.39, 0.29) is 0 Å². The molecule has 0 aliphatic heterocycles. The van der Waals surface area contributed by atoms with Crippen molar-refractivity contribution in [3.63, 3.8) is 0 Å². The molecule has 0 saturated carbocycles. The Kier molecular flexibility index (Phi) is 4.85. The first-order chi connectivity index (χ1) is 12.1. The highest BCUT2D eigenvalue weighted by atomic mass is 16.5. The Morgan fingerprint density at radius 3 is 2.92 bits per heavy atom. The zero-order chi connectivity index (χ0) is 17.8. The molecule has 0 spiro atoms. The van der Waals surface area contributed by atoms with E-state index < -0.39 is 0 Å². The second kappa shape index (κ2) is 7.22. The molecule has 0 unspecified atom stereocenters. The zero-order valence-corrected chi connectivity index (χ0v) is 14.7. The van der Waals surface area contributed by atoms with Crippen LogP contribution in [0.15, 0.2) is 36.8 Å². The van der Waals surface area contributed by atoms with Crippen LogP contribution < -0.4 is 9.64 Å². The number of nitriles is 1. The number of rotatable bonds is 6. The summed E-state index contributed by atoms with van der Waals surface area (Å²) in [5.41, 5.74) is 4.09. The van der Waals surface area contributed by atoms with Gasteiger partial charge in [-0.3, -0.25) is 0 Å². The number of pyridine rings is 1. The Balaban J connectivity index is 1.85. The number of ether oxygens (including phenoxy) is 1. The average Bonchev–Trinajstić information content (AvgIpc) is 3.00. The van der Waals surface area contributed by atoms with Gasteiger partial charge in [-0.1, -0.05) is 6.07 Å². The minimum atomic E-state index is 0.507. The van der Waals surface area contributed by atoms with Gasteiger partial charge in [0.05, 0.1) is 30.7 Å². The van der Waals surface area contributed by atoms with Gasteiger partial charge < -0.3 is 14.2 Å². The third kappa shape index (κ3) is 3.56. The number of anilines is 2. The highest BCUT2D eigenvalue weighted by Gasteiger charge is 2.12. The lowest BCUT2D eigenvalue weighted by molar-refractivity contribution is 0.313. The fourth-order valence-corrected chi connectivity index (χ4v) is 2.71. The van der Waals surface area contributed by atoms with Crippen molar-refractivity contribution >= 4 is 22.5 Å². The molecule has 0 N–H and O–H groups in total. The molecule has 0 bridgehead atoms. The van der Waals surface area contributed by atoms with Gasteiger partial charge in [-0.25, -0.2) is 9.97 Å². The normalized spacial score (nSPS) is 10.6. The van der Waals surface area contributed by atoms with E-state index in [0.29, 0.717) is 13.0 Å². The first kappa shape index (κ1) is 16.8. The van der Waals surface area contributed by atoms with Gasteiger partial charge in [0.1, 0.15) is 17.1 Å². The molecule has 128 valence electrons. The number of aromatic nitrogens is 3. The standard InChI is InChI=1S/C19H21N5O/c1-14-6-7-15(25-9-5-4-8-20)10-17(14)24(3)19-11-18-16(12-21-19)22-13-23(18)2/h6-7,10-13H,4-5,9H2,1-3H3. The van der Waals surface area contributed by atoms with Crippen molar-refractivity contribution in [1.82, 2.24) is 14.5 Å². The fraction of sp³-hybridized carbons (Fsp3) is 0.316. The van der Waals surface area contributed by atoms with Crippen LogP contribution in [0.3, 0.4) is 0 Å². The minimum absolute atomic E-state index is 0.507. The van der Waals surface area contributed by atoms with E-state index in [1.54, 1.807) is 12.5 Å². The Hall–Kier alpha value is -3.07. The highest BCUT2D eigenvalue weighted by molar-refractivity contribution is 5.79. The number of hydrogen-bond acceptors (Lipinski definition) is 5. The Morgan fingerprint density at radius 1 is 1.28 bits per heavy atom. The molecule has 0 saturated heterocycles. The molecule has 1 aromatic carbocycles. The first-order valence-electron chi connectivity index (χ1n) is 8.21. The smallest absolute Gasteiger partial charge is 0.134 e. The van der Waals surface area contributed by atoms with Gasteiger partial charge in [0, 0.05) is 38.3 Å². The Bertz CT molecular complexity index is 925. The van der Waals surface area contributed by atoms with Crippen molar-refractivity contribution in [1.29, 1.82) is 5.26 Å². The minimum Gasteiger partial charge on any atom is -0.493 e. The summed E-state index contributed by atoms with van der Waals surface area (Å²) in [6, 6.07) is 10.2. The molecule has 25 heavy (non-hydrogen) atoms. The molecule has 6 heteroatoms. The van der Waals surface area contributed by atoms with E-state index in [1.165, 1.54) is 0 Å². The van der Waals surface area contributed by atoms with Crippen LogP contribution >= 0.6 is 0 Å². The number of aryl methyl sites for hydroxylation is 2. The summed E-state index contributed by atoms with van der Waals surface area (Å²) in [7, 11) is 3.96. The number of fused-ring (bicyclic) bond motifs is 1. The SMILES string of the molecule is Cc1ccc(OCCCC#N)cc1N(C)c1cc2c(cn1)ncn2C. The molecule has 0 amide bonds. The van der Waals surface area contributed by atoms with Crippen molar-refractivity contribution in [3.05, 3.63) is 42.4 Å². The second-order valence-corrected chi connectivity index (χ2v) is 6.00. The van der Waals surface area contributed by atoms with Crippen LogP contribution in [0.1, 0.15) is 18.4 Å². The lowest BCUT2D eigenvalue weighted by atomic mass is 10.1. The lowest BCUT2D eigenvalue weighted by Gasteiger charge is -2.21. The predicted octanol–water partition coefficient (Wildman–Crippen LogP) is 3.73. The molecule has 0 fully saturated rings. The van der Waals surface area contributed by atoms with Crippen molar-refractivity contribution in [2.75, 3.05) is 18.6 Å². The maximum atomic E-state index is 8.60.